The van der Waals surface area contributed by atoms with Gasteiger partial charge in [0.15, 0.2) is 11.5 Å². The highest BCUT2D eigenvalue weighted by Gasteiger charge is 2.52. The van der Waals surface area contributed by atoms with Crippen LogP contribution in [0.25, 0.3) is 0 Å². The smallest absolute Gasteiger partial charge is 0.166 e. The van der Waals surface area contributed by atoms with E-state index < -0.39 is 6.10 Å². The average molecular weight is 287 g/mol. The van der Waals surface area contributed by atoms with Gasteiger partial charge in [0.1, 0.15) is 6.10 Å². The maximum atomic E-state index is 9.97. The van der Waals surface area contributed by atoms with Gasteiger partial charge in [-0.3, -0.25) is 0 Å². The van der Waals surface area contributed by atoms with Crippen LogP contribution in [0.1, 0.15) is 24.0 Å². The van der Waals surface area contributed by atoms with Gasteiger partial charge >= 0.3 is 0 Å². The van der Waals surface area contributed by atoms with Crippen molar-refractivity contribution < 1.29 is 14.6 Å². The maximum absolute atomic E-state index is 9.97. The summed E-state index contributed by atoms with van der Waals surface area (Å²) in [5, 5.41) is 9.97. The number of ether oxygens (including phenoxy) is 2. The SMILES string of the molecule is COc1ccc2c3c1O[C@H]1C[C@H](O)C=CC31CCN(C)C2. The molecule has 112 valence electrons. The minimum atomic E-state index is -0.412. The second kappa shape index (κ2) is 4.49. The summed E-state index contributed by atoms with van der Waals surface area (Å²) in [6.45, 7) is 1.96. The van der Waals surface area contributed by atoms with E-state index in [1.807, 2.05) is 12.1 Å². The third kappa shape index (κ3) is 1.75. The number of hydrogen-bond acceptors (Lipinski definition) is 4. The van der Waals surface area contributed by atoms with Crippen LogP contribution in [0.15, 0.2) is 24.3 Å². The lowest BCUT2D eigenvalue weighted by Crippen LogP contribution is -2.42. The summed E-state index contributed by atoms with van der Waals surface area (Å²) in [7, 11) is 3.84. The molecule has 1 unspecified atom stereocenters. The Morgan fingerprint density at radius 2 is 2.29 bits per heavy atom. The highest BCUT2D eigenvalue weighted by molar-refractivity contribution is 5.60. The van der Waals surface area contributed by atoms with E-state index >= 15 is 0 Å². The zero-order chi connectivity index (χ0) is 14.6. The van der Waals surface area contributed by atoms with Crippen molar-refractivity contribution in [3.8, 4) is 11.5 Å². The van der Waals surface area contributed by atoms with Crippen LogP contribution < -0.4 is 9.47 Å². The first-order valence-corrected chi connectivity index (χ1v) is 7.57. The molecule has 21 heavy (non-hydrogen) atoms. The highest BCUT2D eigenvalue weighted by Crippen LogP contribution is 2.55. The summed E-state index contributed by atoms with van der Waals surface area (Å²) in [6, 6.07) is 4.16. The van der Waals surface area contributed by atoms with E-state index in [1.54, 1.807) is 7.11 Å². The second-order valence-electron chi connectivity index (χ2n) is 6.43. The highest BCUT2D eigenvalue weighted by atomic mass is 16.5. The molecule has 1 spiro atoms. The molecule has 2 aliphatic heterocycles. The zero-order valence-corrected chi connectivity index (χ0v) is 12.5. The van der Waals surface area contributed by atoms with Crippen LogP contribution in [0.4, 0.5) is 0 Å². The topological polar surface area (TPSA) is 41.9 Å². The first kappa shape index (κ1) is 13.2. The summed E-state index contributed by atoms with van der Waals surface area (Å²) in [4.78, 5) is 2.35. The lowest BCUT2D eigenvalue weighted by atomic mass is 9.69. The summed E-state index contributed by atoms with van der Waals surface area (Å²) in [5.74, 6) is 1.68. The van der Waals surface area contributed by atoms with Crippen molar-refractivity contribution in [2.75, 3.05) is 20.7 Å². The van der Waals surface area contributed by atoms with E-state index in [4.69, 9.17) is 9.47 Å². The fourth-order valence-electron chi connectivity index (χ4n) is 4.08. The molecule has 4 rings (SSSR count). The Morgan fingerprint density at radius 3 is 3.10 bits per heavy atom. The Hall–Kier alpha value is -1.52. The number of aliphatic hydroxyl groups is 1. The van der Waals surface area contributed by atoms with Gasteiger partial charge in [0, 0.05) is 18.5 Å². The second-order valence-corrected chi connectivity index (χ2v) is 6.43. The van der Waals surface area contributed by atoms with Crippen molar-refractivity contribution in [2.45, 2.75) is 37.0 Å². The minimum absolute atomic E-state index is 0.00838. The van der Waals surface area contributed by atoms with Crippen LogP contribution in [-0.4, -0.2) is 42.9 Å². The quantitative estimate of drug-likeness (QED) is 0.801. The summed E-state index contributed by atoms with van der Waals surface area (Å²) in [5.41, 5.74) is 2.48. The first-order chi connectivity index (χ1) is 10.1. The number of aliphatic hydroxyl groups excluding tert-OH is 1. The molecule has 3 atom stereocenters. The summed E-state index contributed by atoms with van der Waals surface area (Å²) in [6.07, 6.45) is 5.38. The van der Waals surface area contributed by atoms with E-state index in [2.05, 4.69) is 24.1 Å². The summed E-state index contributed by atoms with van der Waals surface area (Å²) >= 11 is 0. The molecule has 3 aliphatic rings. The fraction of sp³-hybridized carbons (Fsp3) is 0.529. The van der Waals surface area contributed by atoms with Crippen molar-refractivity contribution in [1.82, 2.24) is 4.90 Å². The van der Waals surface area contributed by atoms with E-state index in [0.29, 0.717) is 6.42 Å². The number of methoxy groups -OCH3 is 1. The van der Waals surface area contributed by atoms with Gasteiger partial charge < -0.3 is 19.5 Å². The molecule has 0 bridgehead atoms. The van der Waals surface area contributed by atoms with E-state index in [9.17, 15) is 5.11 Å². The van der Waals surface area contributed by atoms with Crippen LogP contribution in [0.5, 0.6) is 11.5 Å². The van der Waals surface area contributed by atoms with Crippen LogP contribution in [0.3, 0.4) is 0 Å². The number of nitrogens with zero attached hydrogens (tertiary/aromatic N) is 1. The van der Waals surface area contributed by atoms with Gasteiger partial charge in [-0.1, -0.05) is 18.2 Å². The molecule has 4 nitrogen and oxygen atoms in total. The van der Waals surface area contributed by atoms with Gasteiger partial charge in [0.05, 0.1) is 18.6 Å². The lowest BCUT2D eigenvalue weighted by molar-refractivity contribution is 0.0821. The molecule has 1 N–H and O–H groups in total. The predicted octanol–water partition coefficient (Wildman–Crippen LogP) is 1.85. The molecule has 1 aliphatic carbocycles. The van der Waals surface area contributed by atoms with Crippen molar-refractivity contribution in [1.29, 1.82) is 0 Å². The molecule has 0 amide bonds. The molecule has 2 heterocycles. The van der Waals surface area contributed by atoms with Gasteiger partial charge in [0.25, 0.3) is 0 Å². The van der Waals surface area contributed by atoms with Gasteiger partial charge in [-0.05, 0) is 31.6 Å². The molecule has 1 aromatic rings. The Bertz CT molecular complexity index is 612. The molecule has 0 radical (unpaired) electrons. The third-order valence-electron chi connectivity index (χ3n) is 5.15. The number of hydrogen-bond donors (Lipinski definition) is 1. The van der Waals surface area contributed by atoms with Crippen LogP contribution in [-0.2, 0) is 12.0 Å². The van der Waals surface area contributed by atoms with Crippen molar-refractivity contribution >= 4 is 0 Å². The van der Waals surface area contributed by atoms with Crippen molar-refractivity contribution in [3.63, 3.8) is 0 Å². The molecule has 0 saturated carbocycles. The first-order valence-electron chi connectivity index (χ1n) is 7.57. The number of benzene rings is 1. The third-order valence-corrected chi connectivity index (χ3v) is 5.15. The van der Waals surface area contributed by atoms with Crippen molar-refractivity contribution in [3.05, 3.63) is 35.4 Å². The standard InChI is InChI=1S/C17H21NO3/c1-18-8-7-17-6-5-12(19)9-14(17)21-16-13(20-2)4-3-11(10-18)15(16)17/h3-6,12,14,19H,7-10H2,1-2H3/t12-,14+,17?/m1/s1. The van der Waals surface area contributed by atoms with Gasteiger partial charge in [-0.15, -0.1) is 0 Å². The minimum Gasteiger partial charge on any atom is -0.493 e. The number of rotatable bonds is 1. The molecule has 0 fully saturated rings. The average Bonchev–Trinajstić information content (AvgIpc) is 2.72. The van der Waals surface area contributed by atoms with E-state index in [0.717, 1.165) is 31.0 Å². The Morgan fingerprint density at radius 1 is 1.43 bits per heavy atom. The van der Waals surface area contributed by atoms with Gasteiger partial charge in [0.2, 0.25) is 0 Å². The largest absolute Gasteiger partial charge is 0.493 e. The Balaban J connectivity index is 1.95. The fourth-order valence-corrected chi connectivity index (χ4v) is 4.08. The molecule has 0 aromatic heterocycles. The summed E-state index contributed by atoms with van der Waals surface area (Å²) < 4.78 is 11.8. The monoisotopic (exact) mass is 287 g/mol. The predicted molar refractivity (Wildman–Crippen MR) is 79.8 cm³/mol. The normalized spacial score (nSPS) is 33.9. The van der Waals surface area contributed by atoms with Crippen molar-refractivity contribution in [2.24, 2.45) is 0 Å². The molecule has 1 aromatic carbocycles. The molecular weight excluding hydrogens is 266 g/mol. The molecule has 4 heteroatoms. The molecular formula is C17H21NO3. The Kier molecular flexibility index (Phi) is 2.81. The maximum Gasteiger partial charge on any atom is 0.166 e. The van der Waals surface area contributed by atoms with Crippen LogP contribution in [0, 0.1) is 0 Å². The van der Waals surface area contributed by atoms with Crippen LogP contribution >= 0.6 is 0 Å². The lowest BCUT2D eigenvalue weighted by Gasteiger charge is -2.35. The van der Waals surface area contributed by atoms with E-state index in [1.165, 1.54) is 11.1 Å². The van der Waals surface area contributed by atoms with Crippen LogP contribution in [0.2, 0.25) is 0 Å². The zero-order valence-electron chi connectivity index (χ0n) is 12.5. The van der Waals surface area contributed by atoms with Gasteiger partial charge in [-0.2, -0.15) is 0 Å². The van der Waals surface area contributed by atoms with E-state index in [-0.39, 0.29) is 11.5 Å². The van der Waals surface area contributed by atoms with Gasteiger partial charge in [-0.25, -0.2) is 0 Å². The molecule has 0 saturated heterocycles. The Labute approximate surface area is 125 Å².